The minimum Gasteiger partial charge on any atom is -0.348 e. The van der Waals surface area contributed by atoms with Crippen molar-refractivity contribution in [3.05, 3.63) is 0 Å². The molecule has 0 radical (unpaired) electrons. The Morgan fingerprint density at radius 2 is 2.29 bits per heavy atom. The van der Waals surface area contributed by atoms with Gasteiger partial charge in [-0.2, -0.15) is 5.26 Å². The van der Waals surface area contributed by atoms with Crippen LogP contribution in [0.5, 0.6) is 0 Å². The van der Waals surface area contributed by atoms with E-state index in [9.17, 15) is 0 Å². The number of nitrogens with zero attached hydrogens (tertiary/aromatic N) is 3. The maximum atomic E-state index is 8.57. The zero-order chi connectivity index (χ0) is 10.6. The van der Waals surface area contributed by atoms with Crippen LogP contribution in [-0.2, 0) is 0 Å². The number of nitriles is 1. The van der Waals surface area contributed by atoms with Crippen LogP contribution in [0.3, 0.4) is 0 Å². The number of hydrogen-bond acceptors (Lipinski definition) is 3. The summed E-state index contributed by atoms with van der Waals surface area (Å²) in [7, 11) is 0. The second kappa shape index (κ2) is 5.26. The lowest BCUT2D eigenvalue weighted by Crippen LogP contribution is -2.44. The summed E-state index contributed by atoms with van der Waals surface area (Å²) in [6.07, 6.45) is 6.34. The highest BCUT2D eigenvalue weighted by molar-refractivity contribution is 8.13. The van der Waals surface area contributed by atoms with E-state index in [1.54, 1.807) is 11.8 Å². The van der Waals surface area contributed by atoms with E-state index in [4.69, 9.17) is 5.26 Å². The maximum absolute atomic E-state index is 8.57. The van der Waals surface area contributed by atoms with Gasteiger partial charge in [0.1, 0.15) is 0 Å². The number of rotatable bonds is 0. The topological polar surface area (TPSA) is 39.4 Å². The lowest BCUT2D eigenvalue weighted by Gasteiger charge is -2.39. The third kappa shape index (κ3) is 2.42. The summed E-state index contributed by atoms with van der Waals surface area (Å²) >= 11 is 1.56. The second-order valence-electron chi connectivity index (χ2n) is 3.75. The Balaban J connectivity index is 2.75. The van der Waals surface area contributed by atoms with E-state index in [0.717, 1.165) is 11.7 Å². The van der Waals surface area contributed by atoms with Gasteiger partial charge in [0.15, 0.2) is 5.17 Å². The van der Waals surface area contributed by atoms with Crippen molar-refractivity contribution in [2.24, 2.45) is 10.9 Å². The van der Waals surface area contributed by atoms with Gasteiger partial charge >= 0.3 is 0 Å². The Morgan fingerprint density at radius 3 is 2.86 bits per heavy atom. The molecule has 0 bridgehead atoms. The minimum absolute atomic E-state index is 0.503. The van der Waals surface area contributed by atoms with Crippen molar-refractivity contribution in [2.75, 3.05) is 12.8 Å². The molecule has 1 saturated heterocycles. The van der Waals surface area contributed by atoms with E-state index in [1.807, 2.05) is 12.4 Å². The van der Waals surface area contributed by atoms with Crippen LogP contribution in [-0.4, -0.2) is 28.9 Å². The smallest absolute Gasteiger partial charge is 0.208 e. The molecule has 0 N–H and O–H groups in total. The van der Waals surface area contributed by atoms with Crippen LogP contribution in [0.4, 0.5) is 0 Å². The molecule has 2 unspecified atom stereocenters. The summed E-state index contributed by atoms with van der Waals surface area (Å²) in [4.78, 5) is 6.11. The van der Waals surface area contributed by atoms with Crippen molar-refractivity contribution in [1.82, 2.24) is 4.90 Å². The van der Waals surface area contributed by atoms with Crippen LogP contribution in [0.1, 0.15) is 26.7 Å². The van der Waals surface area contributed by atoms with Crippen LogP contribution in [0.25, 0.3) is 0 Å². The van der Waals surface area contributed by atoms with E-state index in [-0.39, 0.29) is 0 Å². The largest absolute Gasteiger partial charge is 0.348 e. The molecule has 3 nitrogen and oxygen atoms in total. The van der Waals surface area contributed by atoms with Gasteiger partial charge in [0.2, 0.25) is 6.19 Å². The van der Waals surface area contributed by atoms with Crippen molar-refractivity contribution < 1.29 is 0 Å². The number of amidine groups is 1. The highest BCUT2D eigenvalue weighted by Gasteiger charge is 2.26. The predicted molar refractivity (Wildman–Crippen MR) is 61.1 cm³/mol. The van der Waals surface area contributed by atoms with Gasteiger partial charge in [-0.1, -0.05) is 18.7 Å². The summed E-state index contributed by atoms with van der Waals surface area (Å²) in [5.74, 6) is 0.694. The number of hydrogen-bond donors (Lipinski definition) is 0. The molecule has 1 heterocycles. The van der Waals surface area contributed by atoms with Crippen LogP contribution in [0, 0.1) is 17.4 Å². The SMILES string of the molecule is CSC(=NC#N)N1CCCC(C)C1C. The molecule has 1 aliphatic heterocycles. The Labute approximate surface area is 90.2 Å². The fourth-order valence-electron chi connectivity index (χ4n) is 1.88. The average Bonchev–Trinajstić information content (AvgIpc) is 2.19. The molecule has 0 aromatic rings. The molecule has 0 aromatic carbocycles. The van der Waals surface area contributed by atoms with Gasteiger partial charge in [0.05, 0.1) is 0 Å². The van der Waals surface area contributed by atoms with Crippen molar-refractivity contribution in [3.63, 3.8) is 0 Å². The quantitative estimate of drug-likeness (QED) is 0.350. The number of likely N-dealkylation sites (tertiary alicyclic amines) is 1. The third-order valence-electron chi connectivity index (χ3n) is 2.95. The summed E-state index contributed by atoms with van der Waals surface area (Å²) in [6.45, 7) is 5.51. The van der Waals surface area contributed by atoms with E-state index >= 15 is 0 Å². The molecule has 4 heteroatoms. The van der Waals surface area contributed by atoms with Gasteiger partial charge in [0, 0.05) is 12.6 Å². The fourth-order valence-corrected chi connectivity index (χ4v) is 2.50. The maximum Gasteiger partial charge on any atom is 0.208 e. The van der Waals surface area contributed by atoms with Gasteiger partial charge in [-0.15, -0.1) is 4.99 Å². The first-order chi connectivity index (χ1) is 6.70. The number of aliphatic imine (C=N–C) groups is 1. The molecule has 0 amide bonds. The normalized spacial score (nSPS) is 28.7. The molecule has 1 fully saturated rings. The molecule has 0 aliphatic carbocycles. The summed E-state index contributed by atoms with van der Waals surface area (Å²) in [6, 6.07) is 0.503. The zero-order valence-corrected chi connectivity index (χ0v) is 9.84. The molecule has 2 atom stereocenters. The van der Waals surface area contributed by atoms with Gasteiger partial charge in [0.25, 0.3) is 0 Å². The molecule has 14 heavy (non-hydrogen) atoms. The molecule has 0 spiro atoms. The highest BCUT2D eigenvalue weighted by atomic mass is 32.2. The standard InChI is InChI=1S/C10H17N3S/c1-8-5-4-6-13(9(8)2)10(14-3)12-7-11/h8-9H,4-6H2,1-3H3. The van der Waals surface area contributed by atoms with Crippen LogP contribution < -0.4 is 0 Å². The molecule has 0 saturated carbocycles. The Hall–Kier alpha value is -0.690. The van der Waals surface area contributed by atoms with Crippen LogP contribution in [0.15, 0.2) is 4.99 Å². The molecular weight excluding hydrogens is 194 g/mol. The van der Waals surface area contributed by atoms with Crippen molar-refractivity contribution in [1.29, 1.82) is 5.26 Å². The molecular formula is C10H17N3S. The lowest BCUT2D eigenvalue weighted by atomic mass is 9.93. The van der Waals surface area contributed by atoms with Gasteiger partial charge in [-0.05, 0) is 31.9 Å². The summed E-state index contributed by atoms with van der Waals surface area (Å²) in [5.41, 5.74) is 0. The minimum atomic E-state index is 0.503. The predicted octanol–water partition coefficient (Wildman–Crippen LogP) is 2.31. The Kier molecular flexibility index (Phi) is 4.27. The Bertz CT molecular complexity index is 257. The van der Waals surface area contributed by atoms with Gasteiger partial charge < -0.3 is 4.90 Å². The van der Waals surface area contributed by atoms with E-state index < -0.39 is 0 Å². The molecule has 78 valence electrons. The van der Waals surface area contributed by atoms with Gasteiger partial charge in [-0.25, -0.2) is 0 Å². The molecule has 1 rings (SSSR count). The number of piperidine rings is 1. The van der Waals surface area contributed by atoms with Crippen LogP contribution >= 0.6 is 11.8 Å². The summed E-state index contributed by atoms with van der Waals surface area (Å²) < 4.78 is 0. The molecule has 0 aromatic heterocycles. The zero-order valence-electron chi connectivity index (χ0n) is 9.03. The fraction of sp³-hybridized carbons (Fsp3) is 0.800. The van der Waals surface area contributed by atoms with E-state index in [1.165, 1.54) is 12.8 Å². The summed E-state index contributed by atoms with van der Waals surface area (Å²) in [5, 5.41) is 9.44. The third-order valence-corrected chi connectivity index (χ3v) is 3.64. The lowest BCUT2D eigenvalue weighted by molar-refractivity contribution is 0.195. The number of thioether (sulfide) groups is 1. The average molecular weight is 211 g/mol. The first-order valence-corrected chi connectivity index (χ1v) is 6.20. The first-order valence-electron chi connectivity index (χ1n) is 4.98. The Morgan fingerprint density at radius 1 is 1.57 bits per heavy atom. The van der Waals surface area contributed by atoms with E-state index in [2.05, 4.69) is 23.7 Å². The van der Waals surface area contributed by atoms with Crippen molar-refractivity contribution in [3.8, 4) is 6.19 Å². The molecule has 1 aliphatic rings. The van der Waals surface area contributed by atoms with Crippen LogP contribution in [0.2, 0.25) is 0 Å². The van der Waals surface area contributed by atoms with E-state index in [0.29, 0.717) is 12.0 Å². The first kappa shape index (κ1) is 11.4. The van der Waals surface area contributed by atoms with Crippen molar-refractivity contribution in [2.45, 2.75) is 32.7 Å². The highest BCUT2D eigenvalue weighted by Crippen LogP contribution is 2.25. The second-order valence-corrected chi connectivity index (χ2v) is 4.53. The van der Waals surface area contributed by atoms with Gasteiger partial charge in [-0.3, -0.25) is 0 Å². The monoisotopic (exact) mass is 211 g/mol. The van der Waals surface area contributed by atoms with Crippen molar-refractivity contribution >= 4 is 16.9 Å².